The number of sulfone groups is 1. The second-order valence-electron chi connectivity index (χ2n) is 5.74. The zero-order valence-electron chi connectivity index (χ0n) is 13.2. The Balaban J connectivity index is 1.99. The summed E-state index contributed by atoms with van der Waals surface area (Å²) in [6, 6.07) is 7.08. The quantitative estimate of drug-likeness (QED) is 0.701. The molecular weight excluding hydrogens is 382 g/mol. The molecule has 0 saturated carbocycles. The zero-order valence-corrected chi connectivity index (χ0v) is 15.6. The lowest BCUT2D eigenvalue weighted by molar-refractivity contribution is -0.135. The molecule has 1 fully saturated rings. The molecule has 5 nitrogen and oxygen atoms in total. The average Bonchev–Trinajstić information content (AvgIpc) is 2.85. The van der Waals surface area contributed by atoms with E-state index >= 15 is 0 Å². The largest absolute Gasteiger partial charge is 0.484 e. The maximum absolute atomic E-state index is 12.5. The van der Waals surface area contributed by atoms with Crippen LogP contribution in [0.1, 0.15) is 26.2 Å². The molecular formula is C16H22BrNO4S. The Morgan fingerprint density at radius 1 is 1.43 bits per heavy atom. The highest BCUT2D eigenvalue weighted by Crippen LogP contribution is 2.20. The van der Waals surface area contributed by atoms with Crippen LogP contribution in [0.5, 0.6) is 5.75 Å². The number of nitrogens with zero attached hydrogens (tertiary/aromatic N) is 1. The van der Waals surface area contributed by atoms with E-state index in [-0.39, 0.29) is 30.1 Å². The van der Waals surface area contributed by atoms with Crippen LogP contribution in [0.15, 0.2) is 28.7 Å². The molecule has 2 rings (SSSR count). The number of unbranched alkanes of at least 4 members (excludes halogenated alkanes) is 1. The number of hydrogen-bond donors (Lipinski definition) is 0. The number of rotatable bonds is 7. The Bertz CT molecular complexity index is 647. The molecule has 1 atom stereocenters. The third-order valence-corrected chi connectivity index (χ3v) is 6.12. The molecule has 0 aliphatic carbocycles. The predicted octanol–water partition coefficient (Wildman–Crippen LogP) is 2.64. The molecule has 0 radical (unpaired) electrons. The van der Waals surface area contributed by atoms with Gasteiger partial charge >= 0.3 is 0 Å². The minimum atomic E-state index is -3.01. The molecule has 7 heteroatoms. The van der Waals surface area contributed by atoms with E-state index in [1.165, 1.54) is 0 Å². The summed E-state index contributed by atoms with van der Waals surface area (Å²) in [6.45, 7) is 2.56. The van der Waals surface area contributed by atoms with E-state index in [1.807, 2.05) is 19.1 Å². The first-order valence-corrected chi connectivity index (χ1v) is 10.4. The highest BCUT2D eigenvalue weighted by atomic mass is 79.9. The van der Waals surface area contributed by atoms with E-state index in [1.54, 1.807) is 17.0 Å². The van der Waals surface area contributed by atoms with Gasteiger partial charge in [0.2, 0.25) is 0 Å². The van der Waals surface area contributed by atoms with E-state index in [0.717, 1.165) is 17.3 Å². The molecule has 0 spiro atoms. The van der Waals surface area contributed by atoms with Crippen molar-refractivity contribution in [2.24, 2.45) is 0 Å². The Labute approximate surface area is 146 Å². The first kappa shape index (κ1) is 18.3. The van der Waals surface area contributed by atoms with Crippen molar-refractivity contribution in [3.8, 4) is 5.75 Å². The second-order valence-corrected chi connectivity index (χ2v) is 8.89. The molecule has 1 heterocycles. The van der Waals surface area contributed by atoms with Crippen LogP contribution in [0.2, 0.25) is 0 Å². The minimum Gasteiger partial charge on any atom is -0.484 e. The van der Waals surface area contributed by atoms with Crippen LogP contribution in [0, 0.1) is 0 Å². The van der Waals surface area contributed by atoms with Gasteiger partial charge in [-0.25, -0.2) is 8.42 Å². The van der Waals surface area contributed by atoms with Crippen molar-refractivity contribution >= 4 is 31.7 Å². The number of ether oxygens (including phenoxy) is 1. The zero-order chi connectivity index (χ0) is 16.9. The number of hydrogen-bond acceptors (Lipinski definition) is 4. The molecule has 1 unspecified atom stereocenters. The number of benzene rings is 1. The highest BCUT2D eigenvalue weighted by molar-refractivity contribution is 9.10. The molecule has 0 N–H and O–H groups in total. The van der Waals surface area contributed by atoms with Gasteiger partial charge in [0.15, 0.2) is 16.4 Å². The van der Waals surface area contributed by atoms with Crippen LogP contribution < -0.4 is 4.74 Å². The Hall–Kier alpha value is -1.08. The van der Waals surface area contributed by atoms with Gasteiger partial charge in [0.1, 0.15) is 5.75 Å². The van der Waals surface area contributed by atoms with Crippen LogP contribution in [-0.2, 0) is 14.6 Å². The van der Waals surface area contributed by atoms with Gasteiger partial charge in [-0.05, 0) is 31.0 Å². The van der Waals surface area contributed by atoms with Crippen LogP contribution in [0.3, 0.4) is 0 Å². The van der Waals surface area contributed by atoms with Crippen molar-refractivity contribution in [2.75, 3.05) is 24.7 Å². The monoisotopic (exact) mass is 403 g/mol. The Morgan fingerprint density at radius 2 is 2.22 bits per heavy atom. The summed E-state index contributed by atoms with van der Waals surface area (Å²) < 4.78 is 29.8. The Morgan fingerprint density at radius 3 is 2.83 bits per heavy atom. The van der Waals surface area contributed by atoms with E-state index in [4.69, 9.17) is 4.74 Å². The maximum atomic E-state index is 12.5. The van der Waals surface area contributed by atoms with Crippen LogP contribution in [-0.4, -0.2) is 49.9 Å². The van der Waals surface area contributed by atoms with Gasteiger partial charge in [0.05, 0.1) is 11.5 Å². The van der Waals surface area contributed by atoms with Crippen molar-refractivity contribution in [2.45, 2.75) is 32.2 Å². The molecule has 1 aliphatic heterocycles. The number of halogens is 1. The van der Waals surface area contributed by atoms with E-state index in [9.17, 15) is 13.2 Å². The second kappa shape index (κ2) is 8.15. The number of carbonyl (C=O) groups is 1. The third-order valence-electron chi connectivity index (χ3n) is 3.88. The fraction of sp³-hybridized carbons (Fsp3) is 0.562. The van der Waals surface area contributed by atoms with E-state index in [0.29, 0.717) is 18.7 Å². The lowest BCUT2D eigenvalue weighted by Gasteiger charge is -2.28. The molecule has 1 amide bonds. The highest BCUT2D eigenvalue weighted by Gasteiger charge is 2.34. The normalized spacial score (nSPS) is 19.5. The molecule has 1 saturated heterocycles. The fourth-order valence-electron chi connectivity index (χ4n) is 2.65. The molecule has 23 heavy (non-hydrogen) atoms. The third kappa shape index (κ3) is 5.49. The van der Waals surface area contributed by atoms with Crippen molar-refractivity contribution in [1.82, 2.24) is 4.90 Å². The lowest BCUT2D eigenvalue weighted by atomic mass is 10.2. The summed E-state index contributed by atoms with van der Waals surface area (Å²) in [7, 11) is -3.01. The summed E-state index contributed by atoms with van der Waals surface area (Å²) in [4.78, 5) is 14.2. The van der Waals surface area contributed by atoms with Crippen LogP contribution >= 0.6 is 15.9 Å². The van der Waals surface area contributed by atoms with Gasteiger partial charge in [0.25, 0.3) is 5.91 Å². The summed E-state index contributed by atoms with van der Waals surface area (Å²) in [5.41, 5.74) is 0. The Kier molecular flexibility index (Phi) is 6.47. The number of amides is 1. The standard InChI is InChI=1S/C16H22BrNO4S/c1-2-3-8-18(14-7-9-23(20,21)12-14)16(19)11-22-15-6-4-5-13(17)10-15/h4-6,10,14H,2-3,7-9,11-12H2,1H3. The summed E-state index contributed by atoms with van der Waals surface area (Å²) in [5.74, 6) is 0.696. The van der Waals surface area contributed by atoms with Crippen molar-refractivity contribution < 1.29 is 17.9 Å². The topological polar surface area (TPSA) is 63.7 Å². The van der Waals surface area contributed by atoms with Gasteiger partial charge in [-0.3, -0.25) is 4.79 Å². The average molecular weight is 404 g/mol. The predicted molar refractivity (Wildman–Crippen MR) is 93.3 cm³/mol. The van der Waals surface area contributed by atoms with Gasteiger partial charge in [-0.2, -0.15) is 0 Å². The minimum absolute atomic E-state index is 0.0688. The van der Waals surface area contributed by atoms with Crippen LogP contribution in [0.4, 0.5) is 0 Å². The van der Waals surface area contributed by atoms with Crippen molar-refractivity contribution in [3.05, 3.63) is 28.7 Å². The number of carbonyl (C=O) groups excluding carboxylic acids is 1. The van der Waals surface area contributed by atoms with Gasteiger partial charge in [-0.1, -0.05) is 35.3 Å². The van der Waals surface area contributed by atoms with E-state index in [2.05, 4.69) is 15.9 Å². The SMILES string of the molecule is CCCCN(C(=O)COc1cccc(Br)c1)C1CCS(=O)(=O)C1. The molecule has 1 aliphatic rings. The lowest BCUT2D eigenvalue weighted by Crippen LogP contribution is -2.44. The van der Waals surface area contributed by atoms with Gasteiger partial charge in [-0.15, -0.1) is 0 Å². The summed E-state index contributed by atoms with van der Waals surface area (Å²) in [6.07, 6.45) is 2.34. The van der Waals surface area contributed by atoms with Crippen molar-refractivity contribution in [3.63, 3.8) is 0 Å². The molecule has 128 valence electrons. The fourth-order valence-corrected chi connectivity index (χ4v) is 4.75. The summed E-state index contributed by atoms with van der Waals surface area (Å²) >= 11 is 3.36. The smallest absolute Gasteiger partial charge is 0.260 e. The molecule has 1 aromatic rings. The molecule has 1 aromatic carbocycles. The maximum Gasteiger partial charge on any atom is 0.260 e. The van der Waals surface area contributed by atoms with Crippen molar-refractivity contribution in [1.29, 1.82) is 0 Å². The first-order chi connectivity index (χ1) is 10.9. The van der Waals surface area contributed by atoms with Gasteiger partial charge < -0.3 is 9.64 Å². The first-order valence-electron chi connectivity index (χ1n) is 7.79. The van der Waals surface area contributed by atoms with Gasteiger partial charge in [0, 0.05) is 17.1 Å². The molecule has 0 bridgehead atoms. The summed E-state index contributed by atoms with van der Waals surface area (Å²) in [5, 5.41) is 0. The van der Waals surface area contributed by atoms with E-state index < -0.39 is 9.84 Å². The molecule has 0 aromatic heterocycles. The van der Waals surface area contributed by atoms with Crippen LogP contribution in [0.25, 0.3) is 0 Å².